The van der Waals surface area contributed by atoms with Crippen LogP contribution in [0.15, 0.2) is 30.3 Å². The van der Waals surface area contributed by atoms with Gasteiger partial charge >= 0.3 is 0 Å². The average molecular weight is 262 g/mol. The molecule has 1 atom stereocenters. The van der Waals surface area contributed by atoms with E-state index in [9.17, 15) is 13.9 Å². The second-order valence-electron chi connectivity index (χ2n) is 4.84. The molecule has 0 aliphatic rings. The topological polar surface area (TPSA) is 20.2 Å². The summed E-state index contributed by atoms with van der Waals surface area (Å²) in [4.78, 5) is 0. The van der Waals surface area contributed by atoms with Gasteiger partial charge in [0.15, 0.2) is 0 Å². The molecule has 1 nitrogen and oxygen atoms in total. The molecule has 1 unspecified atom stereocenters. The number of hydrogen-bond acceptors (Lipinski definition) is 1. The van der Waals surface area contributed by atoms with Crippen molar-refractivity contribution in [2.75, 3.05) is 0 Å². The largest absolute Gasteiger partial charge is 0.383 e. The minimum Gasteiger partial charge on any atom is -0.383 e. The first-order chi connectivity index (χ1) is 8.91. The fourth-order valence-electron chi connectivity index (χ4n) is 2.03. The lowest BCUT2D eigenvalue weighted by Gasteiger charge is -2.15. The molecule has 0 aliphatic carbocycles. The lowest BCUT2D eigenvalue weighted by molar-refractivity contribution is 0.208. The maximum atomic E-state index is 14.0. The Morgan fingerprint density at radius 3 is 2.16 bits per heavy atom. The van der Waals surface area contributed by atoms with E-state index in [2.05, 4.69) is 0 Å². The molecule has 1 N–H and O–H groups in total. The molecule has 0 aromatic heterocycles. The van der Waals surface area contributed by atoms with Crippen LogP contribution in [-0.2, 0) is 0 Å². The average Bonchev–Trinajstić information content (AvgIpc) is 2.37. The third kappa shape index (κ3) is 2.51. The molecule has 0 fully saturated rings. The van der Waals surface area contributed by atoms with Crippen LogP contribution in [0, 0.1) is 32.4 Å². The van der Waals surface area contributed by atoms with E-state index in [1.807, 2.05) is 19.9 Å². The highest BCUT2D eigenvalue weighted by Gasteiger charge is 2.21. The lowest BCUT2D eigenvalue weighted by Crippen LogP contribution is -2.07. The lowest BCUT2D eigenvalue weighted by atomic mass is 9.96. The molecule has 100 valence electrons. The Balaban J connectivity index is 2.52. The van der Waals surface area contributed by atoms with Crippen LogP contribution in [0.2, 0.25) is 0 Å². The zero-order valence-corrected chi connectivity index (χ0v) is 11.2. The monoisotopic (exact) mass is 262 g/mol. The SMILES string of the molecule is Cc1ccc(C(O)c2c(F)ccc(C)c2F)cc1C. The number of benzene rings is 2. The molecule has 0 saturated heterocycles. The van der Waals surface area contributed by atoms with Gasteiger partial charge in [0.2, 0.25) is 0 Å². The first kappa shape index (κ1) is 13.7. The molecule has 0 saturated carbocycles. The maximum Gasteiger partial charge on any atom is 0.135 e. The fourth-order valence-corrected chi connectivity index (χ4v) is 2.03. The van der Waals surface area contributed by atoms with Crippen LogP contribution in [0.3, 0.4) is 0 Å². The van der Waals surface area contributed by atoms with Gasteiger partial charge in [0, 0.05) is 0 Å². The van der Waals surface area contributed by atoms with E-state index in [1.165, 1.54) is 12.1 Å². The van der Waals surface area contributed by atoms with Gasteiger partial charge in [-0.1, -0.05) is 24.3 Å². The fraction of sp³-hybridized carbons (Fsp3) is 0.250. The molecule has 2 aromatic carbocycles. The predicted molar refractivity (Wildman–Crippen MR) is 71.1 cm³/mol. The van der Waals surface area contributed by atoms with Crippen molar-refractivity contribution in [3.63, 3.8) is 0 Å². The van der Waals surface area contributed by atoms with Gasteiger partial charge < -0.3 is 5.11 Å². The summed E-state index contributed by atoms with van der Waals surface area (Å²) < 4.78 is 27.7. The summed E-state index contributed by atoms with van der Waals surface area (Å²) in [5.41, 5.74) is 2.57. The van der Waals surface area contributed by atoms with Crippen molar-refractivity contribution < 1.29 is 13.9 Å². The number of aliphatic hydroxyl groups is 1. The van der Waals surface area contributed by atoms with Gasteiger partial charge in [0.1, 0.15) is 17.7 Å². The van der Waals surface area contributed by atoms with E-state index in [-0.39, 0.29) is 5.56 Å². The number of rotatable bonds is 2. The zero-order valence-electron chi connectivity index (χ0n) is 11.2. The van der Waals surface area contributed by atoms with Gasteiger partial charge in [-0.25, -0.2) is 8.78 Å². The number of halogens is 2. The quantitative estimate of drug-likeness (QED) is 0.868. The van der Waals surface area contributed by atoms with Gasteiger partial charge in [0.05, 0.1) is 5.56 Å². The number of aryl methyl sites for hydroxylation is 3. The summed E-state index contributed by atoms with van der Waals surface area (Å²) >= 11 is 0. The van der Waals surface area contributed by atoms with E-state index in [4.69, 9.17) is 0 Å². The summed E-state index contributed by atoms with van der Waals surface area (Å²) in [6, 6.07) is 7.81. The molecule has 0 amide bonds. The Morgan fingerprint density at radius 1 is 0.895 bits per heavy atom. The maximum absolute atomic E-state index is 14.0. The van der Waals surface area contributed by atoms with E-state index in [0.29, 0.717) is 11.1 Å². The van der Waals surface area contributed by atoms with Crippen LogP contribution in [-0.4, -0.2) is 5.11 Å². The van der Waals surface area contributed by atoms with Crippen LogP contribution in [0.25, 0.3) is 0 Å². The third-order valence-corrected chi connectivity index (χ3v) is 3.44. The molecule has 3 heteroatoms. The smallest absolute Gasteiger partial charge is 0.135 e. The molecule has 2 rings (SSSR count). The highest BCUT2D eigenvalue weighted by molar-refractivity contribution is 5.38. The van der Waals surface area contributed by atoms with E-state index in [1.54, 1.807) is 19.1 Å². The van der Waals surface area contributed by atoms with Crippen molar-refractivity contribution in [3.8, 4) is 0 Å². The van der Waals surface area contributed by atoms with Crippen LogP contribution in [0.4, 0.5) is 8.78 Å². The molecule has 0 heterocycles. The van der Waals surface area contributed by atoms with Gasteiger partial charge in [-0.15, -0.1) is 0 Å². The third-order valence-electron chi connectivity index (χ3n) is 3.44. The first-order valence-corrected chi connectivity index (χ1v) is 6.11. The molecule has 0 radical (unpaired) electrons. The van der Waals surface area contributed by atoms with Crippen LogP contribution in [0.1, 0.15) is 33.9 Å². The van der Waals surface area contributed by atoms with Gasteiger partial charge in [0.25, 0.3) is 0 Å². The van der Waals surface area contributed by atoms with Crippen molar-refractivity contribution in [1.82, 2.24) is 0 Å². The Labute approximate surface area is 111 Å². The van der Waals surface area contributed by atoms with Gasteiger partial charge in [-0.05, 0) is 49.1 Å². The minimum absolute atomic E-state index is 0.289. The summed E-state index contributed by atoms with van der Waals surface area (Å²) in [5.74, 6) is -1.42. The van der Waals surface area contributed by atoms with Gasteiger partial charge in [-0.2, -0.15) is 0 Å². The van der Waals surface area contributed by atoms with Crippen LogP contribution < -0.4 is 0 Å². The summed E-state index contributed by atoms with van der Waals surface area (Å²) in [6.07, 6.45) is -1.29. The Kier molecular flexibility index (Phi) is 3.67. The molecular formula is C16H16F2O. The molecular weight excluding hydrogens is 246 g/mol. The Hall–Kier alpha value is -1.74. The standard InChI is InChI=1S/C16H16F2O/c1-9-4-6-12(8-11(9)3)16(19)14-13(17)7-5-10(2)15(14)18/h4-8,16,19H,1-3H3. The normalized spacial score (nSPS) is 12.5. The highest BCUT2D eigenvalue weighted by atomic mass is 19.1. The highest BCUT2D eigenvalue weighted by Crippen LogP contribution is 2.29. The second kappa shape index (κ2) is 5.10. The van der Waals surface area contributed by atoms with Crippen molar-refractivity contribution >= 4 is 0 Å². The van der Waals surface area contributed by atoms with Crippen molar-refractivity contribution in [2.24, 2.45) is 0 Å². The zero-order chi connectivity index (χ0) is 14.2. The molecule has 0 aliphatic heterocycles. The Bertz CT molecular complexity index is 620. The summed E-state index contributed by atoms with van der Waals surface area (Å²) in [7, 11) is 0. The molecule has 19 heavy (non-hydrogen) atoms. The van der Waals surface area contributed by atoms with Crippen LogP contribution in [0.5, 0.6) is 0 Å². The minimum atomic E-state index is -1.29. The van der Waals surface area contributed by atoms with Gasteiger partial charge in [-0.3, -0.25) is 0 Å². The van der Waals surface area contributed by atoms with E-state index >= 15 is 0 Å². The summed E-state index contributed by atoms with van der Waals surface area (Å²) in [6.45, 7) is 5.39. The van der Waals surface area contributed by atoms with Crippen molar-refractivity contribution in [2.45, 2.75) is 26.9 Å². The first-order valence-electron chi connectivity index (χ1n) is 6.11. The summed E-state index contributed by atoms with van der Waals surface area (Å²) in [5, 5.41) is 10.2. The van der Waals surface area contributed by atoms with Crippen LogP contribution >= 0.6 is 0 Å². The molecule has 0 bridgehead atoms. The predicted octanol–water partition coefficient (Wildman–Crippen LogP) is 3.97. The molecule has 0 spiro atoms. The Morgan fingerprint density at radius 2 is 1.53 bits per heavy atom. The second-order valence-corrected chi connectivity index (χ2v) is 4.84. The van der Waals surface area contributed by atoms with Crippen molar-refractivity contribution in [1.29, 1.82) is 0 Å². The number of hydrogen-bond donors (Lipinski definition) is 1. The number of aliphatic hydroxyl groups excluding tert-OH is 1. The van der Waals surface area contributed by atoms with Crippen molar-refractivity contribution in [3.05, 3.63) is 69.8 Å². The van der Waals surface area contributed by atoms with E-state index in [0.717, 1.165) is 11.1 Å². The van der Waals surface area contributed by atoms with E-state index < -0.39 is 17.7 Å². The molecule has 2 aromatic rings.